The first-order chi connectivity index (χ1) is 18.9. The van der Waals surface area contributed by atoms with E-state index >= 15 is 0 Å². The van der Waals surface area contributed by atoms with Crippen molar-refractivity contribution in [1.29, 1.82) is 0 Å². The molecule has 4 nitrogen and oxygen atoms in total. The monoisotopic (exact) mass is 527 g/mol. The van der Waals surface area contributed by atoms with Crippen molar-refractivity contribution in [1.82, 2.24) is 5.32 Å². The van der Waals surface area contributed by atoms with Crippen molar-refractivity contribution < 1.29 is 14.3 Å². The molecule has 39 heavy (non-hydrogen) atoms. The van der Waals surface area contributed by atoms with E-state index in [0.29, 0.717) is 36.8 Å². The maximum absolute atomic E-state index is 13.3. The molecule has 1 amide bonds. The number of amides is 1. The van der Waals surface area contributed by atoms with Gasteiger partial charge in [-0.15, -0.1) is 0 Å². The lowest BCUT2D eigenvalue weighted by Gasteiger charge is -2.37. The van der Waals surface area contributed by atoms with Gasteiger partial charge in [0.25, 0.3) is 0 Å². The molecule has 0 aliphatic carbocycles. The fraction of sp³-hybridized carbons (Fsp3) is 0.457. The Bertz CT molecular complexity index is 1130. The minimum Gasteiger partial charge on any atom is -0.491 e. The van der Waals surface area contributed by atoms with Crippen LogP contribution in [0, 0.1) is 11.8 Å². The third-order valence-corrected chi connectivity index (χ3v) is 7.92. The van der Waals surface area contributed by atoms with Gasteiger partial charge in [0.05, 0.1) is 12.2 Å². The van der Waals surface area contributed by atoms with Crippen molar-refractivity contribution in [2.75, 3.05) is 13.2 Å². The van der Waals surface area contributed by atoms with E-state index in [4.69, 9.17) is 9.47 Å². The van der Waals surface area contributed by atoms with Gasteiger partial charge < -0.3 is 14.8 Å². The van der Waals surface area contributed by atoms with E-state index in [1.54, 1.807) is 0 Å². The van der Waals surface area contributed by atoms with Gasteiger partial charge in [0.1, 0.15) is 5.75 Å². The quantitative estimate of drug-likeness (QED) is 0.262. The highest BCUT2D eigenvalue weighted by molar-refractivity contribution is 5.77. The number of carbonyl (C=O) groups is 1. The average molecular weight is 528 g/mol. The lowest BCUT2D eigenvalue weighted by Crippen LogP contribution is -2.34. The van der Waals surface area contributed by atoms with Gasteiger partial charge in [-0.05, 0) is 79.7 Å². The number of hydrogen-bond acceptors (Lipinski definition) is 3. The van der Waals surface area contributed by atoms with Gasteiger partial charge in [-0.1, -0.05) is 86.6 Å². The molecule has 0 unspecified atom stereocenters. The lowest BCUT2D eigenvalue weighted by atomic mass is 9.76. The molecule has 0 saturated carbocycles. The summed E-state index contributed by atoms with van der Waals surface area (Å²) in [5.74, 6) is 2.43. The molecule has 3 aromatic carbocycles. The number of hydrogen-bond donors (Lipinski definition) is 1. The van der Waals surface area contributed by atoms with E-state index in [0.717, 1.165) is 42.7 Å². The summed E-state index contributed by atoms with van der Waals surface area (Å²) in [6, 6.07) is 29.3. The Morgan fingerprint density at radius 1 is 0.872 bits per heavy atom. The zero-order valence-electron chi connectivity index (χ0n) is 24.0. The molecular formula is C35H45NO3. The summed E-state index contributed by atoms with van der Waals surface area (Å²) in [7, 11) is 0. The van der Waals surface area contributed by atoms with E-state index in [-0.39, 0.29) is 17.9 Å². The second-order valence-corrected chi connectivity index (χ2v) is 11.5. The van der Waals surface area contributed by atoms with Crippen LogP contribution in [0.5, 0.6) is 5.75 Å². The van der Waals surface area contributed by atoms with E-state index in [1.807, 2.05) is 44.2 Å². The molecule has 0 bridgehead atoms. The Morgan fingerprint density at radius 2 is 1.49 bits per heavy atom. The lowest BCUT2D eigenvalue weighted by molar-refractivity contribution is -0.121. The topological polar surface area (TPSA) is 47.6 Å². The Morgan fingerprint density at radius 3 is 2.10 bits per heavy atom. The van der Waals surface area contributed by atoms with Gasteiger partial charge in [0.2, 0.25) is 5.91 Å². The van der Waals surface area contributed by atoms with Crippen molar-refractivity contribution in [3.05, 3.63) is 102 Å². The van der Waals surface area contributed by atoms with Gasteiger partial charge in [0.15, 0.2) is 0 Å². The van der Waals surface area contributed by atoms with E-state index in [2.05, 4.69) is 73.8 Å². The van der Waals surface area contributed by atoms with Crippen LogP contribution in [0.4, 0.5) is 0 Å². The van der Waals surface area contributed by atoms with Gasteiger partial charge in [-0.25, -0.2) is 0 Å². The first-order valence-corrected chi connectivity index (χ1v) is 14.7. The highest BCUT2D eigenvalue weighted by atomic mass is 16.5. The fourth-order valence-corrected chi connectivity index (χ4v) is 5.85. The van der Waals surface area contributed by atoms with Crippen LogP contribution < -0.4 is 10.1 Å². The molecule has 0 aromatic heterocycles. The highest BCUT2D eigenvalue weighted by Crippen LogP contribution is 2.38. The molecule has 4 heteroatoms. The number of ether oxygens (including phenoxy) is 2. The predicted octanol–water partition coefficient (Wildman–Crippen LogP) is 7.74. The molecule has 0 spiro atoms. The van der Waals surface area contributed by atoms with Crippen LogP contribution in [-0.4, -0.2) is 31.3 Å². The van der Waals surface area contributed by atoms with Gasteiger partial charge in [-0.3, -0.25) is 4.79 Å². The molecule has 1 heterocycles. The standard InChI is InChI=1S/C35H45NO3/c1-25(2)34-23-30(20-22-38-34)32(27-11-7-5-8-12-27)19-21-36-35(37)24-33(28-13-9-6-10-14-28)29-15-17-31(18-16-29)39-26(3)4/h5-18,25-26,30,32-34H,19-24H2,1-4H3,(H,36,37)/t30-,32+,33+,34+/m1/s1. The SMILES string of the molecule is CC(C)Oc1ccc([C@@H](CC(=O)NCC[C@@H](c2ccccc2)[C@@H]2CCO[C@H](C(C)C)C2)c2ccccc2)cc1. The first kappa shape index (κ1) is 28.9. The maximum Gasteiger partial charge on any atom is 0.220 e. The molecule has 3 aromatic rings. The van der Waals surface area contributed by atoms with Crippen LogP contribution in [0.1, 0.15) is 81.9 Å². The Hall–Kier alpha value is -3.11. The molecule has 208 valence electrons. The summed E-state index contributed by atoms with van der Waals surface area (Å²) in [5, 5.41) is 3.27. The molecule has 4 rings (SSSR count). The second-order valence-electron chi connectivity index (χ2n) is 11.5. The summed E-state index contributed by atoms with van der Waals surface area (Å²) in [6.45, 7) is 10.0. The van der Waals surface area contributed by atoms with Crippen molar-refractivity contribution >= 4 is 5.91 Å². The fourth-order valence-electron chi connectivity index (χ4n) is 5.85. The third kappa shape index (κ3) is 8.44. The Labute approximate surface area is 235 Å². The van der Waals surface area contributed by atoms with Crippen LogP contribution in [0.2, 0.25) is 0 Å². The second kappa shape index (κ2) is 14.3. The Balaban J connectivity index is 1.42. The molecule has 0 radical (unpaired) electrons. The molecule has 1 aliphatic rings. The molecule has 1 aliphatic heterocycles. The van der Waals surface area contributed by atoms with E-state index in [1.165, 1.54) is 5.56 Å². The number of benzene rings is 3. The minimum atomic E-state index is -0.00786. The Kier molecular flexibility index (Phi) is 10.6. The van der Waals surface area contributed by atoms with Gasteiger partial charge in [0, 0.05) is 25.5 Å². The van der Waals surface area contributed by atoms with Gasteiger partial charge >= 0.3 is 0 Å². The normalized spacial score (nSPS) is 19.0. The average Bonchev–Trinajstić information content (AvgIpc) is 2.95. The molecule has 1 fully saturated rings. The van der Waals surface area contributed by atoms with Crippen LogP contribution in [-0.2, 0) is 9.53 Å². The van der Waals surface area contributed by atoms with Crippen LogP contribution in [0.3, 0.4) is 0 Å². The van der Waals surface area contributed by atoms with Crippen molar-refractivity contribution in [2.24, 2.45) is 11.8 Å². The number of nitrogens with one attached hydrogen (secondary N) is 1. The predicted molar refractivity (Wildman–Crippen MR) is 159 cm³/mol. The van der Waals surface area contributed by atoms with Crippen LogP contribution >= 0.6 is 0 Å². The summed E-state index contributed by atoms with van der Waals surface area (Å²) in [4.78, 5) is 13.3. The zero-order chi connectivity index (χ0) is 27.6. The van der Waals surface area contributed by atoms with Gasteiger partial charge in [-0.2, -0.15) is 0 Å². The summed E-state index contributed by atoms with van der Waals surface area (Å²) in [6.07, 6.45) is 3.94. The maximum atomic E-state index is 13.3. The minimum absolute atomic E-state index is 0.00786. The molecule has 4 atom stereocenters. The molecule has 1 N–H and O–H groups in total. The number of rotatable bonds is 12. The summed E-state index contributed by atoms with van der Waals surface area (Å²) in [5.41, 5.74) is 3.64. The van der Waals surface area contributed by atoms with Crippen molar-refractivity contribution in [3.8, 4) is 5.75 Å². The van der Waals surface area contributed by atoms with E-state index < -0.39 is 0 Å². The van der Waals surface area contributed by atoms with Crippen molar-refractivity contribution in [2.45, 2.75) is 77.4 Å². The summed E-state index contributed by atoms with van der Waals surface area (Å²) >= 11 is 0. The third-order valence-electron chi connectivity index (χ3n) is 7.92. The van der Waals surface area contributed by atoms with E-state index in [9.17, 15) is 4.79 Å². The zero-order valence-corrected chi connectivity index (χ0v) is 24.0. The molecule has 1 saturated heterocycles. The van der Waals surface area contributed by atoms with Crippen molar-refractivity contribution in [3.63, 3.8) is 0 Å². The largest absolute Gasteiger partial charge is 0.491 e. The smallest absolute Gasteiger partial charge is 0.220 e. The summed E-state index contributed by atoms with van der Waals surface area (Å²) < 4.78 is 11.9. The first-order valence-electron chi connectivity index (χ1n) is 14.7. The number of carbonyl (C=O) groups excluding carboxylic acids is 1. The van der Waals surface area contributed by atoms with Crippen LogP contribution in [0.15, 0.2) is 84.9 Å². The molecular weight excluding hydrogens is 482 g/mol. The van der Waals surface area contributed by atoms with Crippen LogP contribution in [0.25, 0.3) is 0 Å². The highest BCUT2D eigenvalue weighted by Gasteiger charge is 2.31.